The summed E-state index contributed by atoms with van der Waals surface area (Å²) in [5.74, 6) is -2.27. The molecule has 3 heterocycles. The molecule has 1 saturated heterocycles. The lowest BCUT2D eigenvalue weighted by Gasteiger charge is -2.28. The average Bonchev–Trinajstić information content (AvgIpc) is 3.37. The first kappa shape index (κ1) is 20.7. The van der Waals surface area contributed by atoms with Gasteiger partial charge in [0.05, 0.1) is 5.69 Å². The summed E-state index contributed by atoms with van der Waals surface area (Å²) >= 11 is 0. The molecule has 2 fully saturated rings. The van der Waals surface area contributed by atoms with Gasteiger partial charge in [-0.3, -0.25) is 14.5 Å². The largest absolute Gasteiger partial charge is 0.339 e. The normalized spacial score (nSPS) is 22.1. The van der Waals surface area contributed by atoms with Crippen LogP contribution in [0.3, 0.4) is 0 Å². The monoisotopic (exact) mass is 414 g/mol. The summed E-state index contributed by atoms with van der Waals surface area (Å²) in [6.07, 6.45) is 8.78. The van der Waals surface area contributed by atoms with Gasteiger partial charge in [-0.05, 0) is 50.0 Å². The van der Waals surface area contributed by atoms with E-state index in [1.807, 2.05) is 43.4 Å². The van der Waals surface area contributed by atoms with E-state index in [-0.39, 0.29) is 30.6 Å². The third-order valence-electron chi connectivity index (χ3n) is 6.33. The SMILES string of the molecule is C/C=C/C(=O)N1CCC(c2cnc(C3CCC(F)(F)CC3)cc2-c2ccn(C)n2)C1. The van der Waals surface area contributed by atoms with E-state index in [4.69, 9.17) is 4.98 Å². The Morgan fingerprint density at radius 1 is 1.23 bits per heavy atom. The molecule has 1 atom stereocenters. The number of hydrogen-bond acceptors (Lipinski definition) is 3. The fourth-order valence-corrected chi connectivity index (χ4v) is 4.61. The highest BCUT2D eigenvalue weighted by atomic mass is 19.3. The van der Waals surface area contributed by atoms with Gasteiger partial charge in [0.2, 0.25) is 11.8 Å². The summed E-state index contributed by atoms with van der Waals surface area (Å²) in [5, 5.41) is 4.58. The second-order valence-corrected chi connectivity index (χ2v) is 8.47. The number of likely N-dealkylation sites (tertiary alicyclic amines) is 1. The third-order valence-corrected chi connectivity index (χ3v) is 6.33. The molecule has 2 aromatic rings. The second kappa shape index (κ2) is 8.28. The maximum Gasteiger partial charge on any atom is 0.248 e. The number of carbonyl (C=O) groups excluding carboxylic acids is 1. The van der Waals surface area contributed by atoms with Crippen molar-refractivity contribution < 1.29 is 13.6 Å². The Balaban J connectivity index is 1.63. The summed E-state index contributed by atoms with van der Waals surface area (Å²) < 4.78 is 29.0. The molecule has 2 aromatic heterocycles. The third kappa shape index (κ3) is 4.30. The number of amides is 1. The summed E-state index contributed by atoms with van der Waals surface area (Å²) in [4.78, 5) is 18.8. The topological polar surface area (TPSA) is 51.0 Å². The van der Waals surface area contributed by atoms with E-state index >= 15 is 0 Å². The molecule has 1 amide bonds. The van der Waals surface area contributed by atoms with Crippen molar-refractivity contribution in [3.05, 3.63) is 47.9 Å². The number of aryl methyl sites for hydroxylation is 1. The van der Waals surface area contributed by atoms with Crippen molar-refractivity contribution in [2.24, 2.45) is 7.05 Å². The zero-order chi connectivity index (χ0) is 21.3. The molecular weight excluding hydrogens is 386 g/mol. The van der Waals surface area contributed by atoms with Crippen LogP contribution in [0, 0.1) is 0 Å². The molecule has 160 valence electrons. The minimum atomic E-state index is -2.55. The first-order chi connectivity index (χ1) is 14.4. The lowest BCUT2D eigenvalue weighted by Crippen LogP contribution is -2.26. The van der Waals surface area contributed by atoms with Crippen LogP contribution in [-0.2, 0) is 11.8 Å². The number of alkyl halides is 2. The Labute approximate surface area is 175 Å². The Hall–Kier alpha value is -2.57. The van der Waals surface area contributed by atoms with Crippen molar-refractivity contribution in [1.29, 1.82) is 0 Å². The molecule has 1 saturated carbocycles. The van der Waals surface area contributed by atoms with E-state index in [0.717, 1.165) is 35.5 Å². The van der Waals surface area contributed by atoms with E-state index < -0.39 is 5.92 Å². The van der Waals surface area contributed by atoms with Crippen molar-refractivity contribution in [2.45, 2.75) is 56.8 Å². The highest BCUT2D eigenvalue weighted by Crippen LogP contribution is 2.42. The van der Waals surface area contributed by atoms with Gasteiger partial charge < -0.3 is 4.90 Å². The molecule has 4 rings (SSSR count). The van der Waals surface area contributed by atoms with Crippen molar-refractivity contribution in [2.75, 3.05) is 13.1 Å². The zero-order valence-corrected chi connectivity index (χ0v) is 17.5. The molecule has 0 N–H and O–H groups in total. The molecule has 0 radical (unpaired) electrons. The molecule has 1 unspecified atom stereocenters. The molecule has 1 aliphatic heterocycles. The van der Waals surface area contributed by atoms with Crippen molar-refractivity contribution in [1.82, 2.24) is 19.7 Å². The van der Waals surface area contributed by atoms with Crippen LogP contribution in [0.5, 0.6) is 0 Å². The minimum Gasteiger partial charge on any atom is -0.339 e. The number of pyridine rings is 1. The first-order valence-electron chi connectivity index (χ1n) is 10.7. The number of rotatable bonds is 4. The van der Waals surface area contributed by atoms with Crippen LogP contribution in [-0.4, -0.2) is 44.6 Å². The van der Waals surface area contributed by atoms with Crippen molar-refractivity contribution >= 4 is 5.91 Å². The van der Waals surface area contributed by atoms with E-state index in [9.17, 15) is 13.6 Å². The summed E-state index contributed by atoms with van der Waals surface area (Å²) in [6.45, 7) is 3.21. The summed E-state index contributed by atoms with van der Waals surface area (Å²) in [5.41, 5.74) is 3.81. The number of carbonyl (C=O) groups is 1. The van der Waals surface area contributed by atoms with Gasteiger partial charge >= 0.3 is 0 Å². The summed E-state index contributed by atoms with van der Waals surface area (Å²) in [6, 6.07) is 4.01. The Morgan fingerprint density at radius 2 is 2.00 bits per heavy atom. The van der Waals surface area contributed by atoms with Crippen LogP contribution in [0.2, 0.25) is 0 Å². The maximum atomic E-state index is 13.6. The molecule has 5 nitrogen and oxygen atoms in total. The number of nitrogens with zero attached hydrogens (tertiary/aromatic N) is 4. The van der Waals surface area contributed by atoms with E-state index in [1.165, 1.54) is 0 Å². The van der Waals surface area contributed by atoms with Gasteiger partial charge in [0.1, 0.15) is 0 Å². The van der Waals surface area contributed by atoms with Crippen LogP contribution in [0.15, 0.2) is 36.7 Å². The second-order valence-electron chi connectivity index (χ2n) is 8.47. The zero-order valence-electron chi connectivity index (χ0n) is 17.5. The van der Waals surface area contributed by atoms with Crippen LogP contribution in [0.25, 0.3) is 11.3 Å². The maximum absolute atomic E-state index is 13.6. The molecule has 0 aromatic carbocycles. The highest BCUT2D eigenvalue weighted by Gasteiger charge is 2.36. The average molecular weight is 415 g/mol. The first-order valence-corrected chi connectivity index (χ1v) is 10.7. The standard InChI is InChI=1S/C23H28F2N4O/c1-3-4-22(30)29-12-7-17(15-29)19-14-26-21(16-5-9-23(24,25)10-6-16)13-18(19)20-8-11-28(2)27-20/h3-4,8,11,13-14,16-17H,5-7,9-10,12,15H2,1-2H3/b4-3+. The summed E-state index contributed by atoms with van der Waals surface area (Å²) in [7, 11) is 1.88. The molecule has 0 bridgehead atoms. The molecule has 7 heteroatoms. The number of hydrogen-bond donors (Lipinski definition) is 0. The Morgan fingerprint density at radius 3 is 2.67 bits per heavy atom. The molecule has 0 spiro atoms. The number of aromatic nitrogens is 3. The molecular formula is C23H28F2N4O. The van der Waals surface area contributed by atoms with E-state index in [0.29, 0.717) is 19.4 Å². The fourth-order valence-electron chi connectivity index (χ4n) is 4.61. The van der Waals surface area contributed by atoms with Crippen molar-refractivity contribution in [3.8, 4) is 11.3 Å². The molecule has 2 aliphatic rings. The van der Waals surface area contributed by atoms with Gasteiger partial charge in [-0.2, -0.15) is 5.10 Å². The quantitative estimate of drug-likeness (QED) is 0.684. The van der Waals surface area contributed by atoms with Gasteiger partial charge in [-0.1, -0.05) is 6.08 Å². The van der Waals surface area contributed by atoms with Crippen LogP contribution >= 0.6 is 0 Å². The van der Waals surface area contributed by atoms with Gasteiger partial charge in [0.15, 0.2) is 0 Å². The minimum absolute atomic E-state index is 0.0344. The van der Waals surface area contributed by atoms with E-state index in [2.05, 4.69) is 5.10 Å². The van der Waals surface area contributed by atoms with E-state index in [1.54, 1.807) is 16.8 Å². The lowest BCUT2D eigenvalue weighted by molar-refractivity contribution is -0.125. The highest BCUT2D eigenvalue weighted by molar-refractivity contribution is 5.87. The van der Waals surface area contributed by atoms with Gasteiger partial charge in [-0.15, -0.1) is 0 Å². The Kier molecular flexibility index (Phi) is 5.71. The van der Waals surface area contributed by atoms with Crippen molar-refractivity contribution in [3.63, 3.8) is 0 Å². The van der Waals surface area contributed by atoms with Crippen LogP contribution in [0.4, 0.5) is 8.78 Å². The fraction of sp³-hybridized carbons (Fsp3) is 0.522. The van der Waals surface area contributed by atoms with Gasteiger partial charge in [0, 0.05) is 68.5 Å². The van der Waals surface area contributed by atoms with Gasteiger partial charge in [0.25, 0.3) is 0 Å². The smallest absolute Gasteiger partial charge is 0.248 e. The Bertz CT molecular complexity index is 942. The number of halogens is 2. The lowest BCUT2D eigenvalue weighted by atomic mass is 9.83. The predicted molar refractivity (Wildman–Crippen MR) is 111 cm³/mol. The van der Waals surface area contributed by atoms with Gasteiger partial charge in [-0.25, -0.2) is 8.78 Å². The van der Waals surface area contributed by atoms with Crippen LogP contribution < -0.4 is 0 Å². The molecule has 30 heavy (non-hydrogen) atoms. The van der Waals surface area contributed by atoms with Crippen LogP contribution in [0.1, 0.15) is 62.1 Å². The predicted octanol–water partition coefficient (Wildman–Crippen LogP) is 4.67. The number of allylic oxidation sites excluding steroid dienone is 1. The molecule has 1 aliphatic carbocycles.